The summed E-state index contributed by atoms with van der Waals surface area (Å²) in [6.45, 7) is 3.30. The molecule has 0 radical (unpaired) electrons. The van der Waals surface area contributed by atoms with Crippen molar-refractivity contribution in [1.82, 2.24) is 10.2 Å². The van der Waals surface area contributed by atoms with Crippen LogP contribution in [-0.4, -0.2) is 48.0 Å². The fraction of sp³-hybridized carbons (Fsp3) is 0.714. The fourth-order valence-corrected chi connectivity index (χ4v) is 6.51. The number of amides is 2. The minimum Gasteiger partial charge on any atom is -0.369 e. The Balaban J connectivity index is 1.43. The number of rotatable bonds is 1. The summed E-state index contributed by atoms with van der Waals surface area (Å²) in [6, 6.07) is 9.16. The molecule has 6 rings (SSSR count). The van der Waals surface area contributed by atoms with Gasteiger partial charge in [-0.1, -0.05) is 63.5 Å². The molecule has 5 aliphatic rings. The van der Waals surface area contributed by atoms with E-state index in [1.165, 1.54) is 89.2 Å². The average Bonchev–Trinajstić information content (AvgIpc) is 3.09. The number of nitrogens with zero attached hydrogens (tertiary/aromatic N) is 3. The molecule has 5 nitrogen and oxygen atoms in total. The molecular formula is C28H42N4O. The molecule has 1 aromatic carbocycles. The van der Waals surface area contributed by atoms with Gasteiger partial charge in [-0.25, -0.2) is 4.79 Å². The van der Waals surface area contributed by atoms with Gasteiger partial charge in [0.05, 0.1) is 0 Å². The molecule has 0 unspecified atom stereocenters. The van der Waals surface area contributed by atoms with E-state index in [1.54, 1.807) is 0 Å². The summed E-state index contributed by atoms with van der Waals surface area (Å²) in [7, 11) is 0. The predicted octanol–water partition coefficient (Wildman–Crippen LogP) is 6.07. The lowest BCUT2D eigenvalue weighted by Gasteiger charge is -2.46. The number of amidine groups is 1. The zero-order chi connectivity index (χ0) is 22.5. The van der Waals surface area contributed by atoms with Crippen molar-refractivity contribution in [1.29, 1.82) is 0 Å². The highest BCUT2D eigenvalue weighted by atomic mass is 16.2. The lowest BCUT2D eigenvalue weighted by Crippen LogP contribution is -2.62. The van der Waals surface area contributed by atoms with Crippen LogP contribution in [0.4, 0.5) is 10.5 Å². The average molecular weight is 451 g/mol. The smallest absolute Gasteiger partial charge is 0.350 e. The maximum atomic E-state index is 13.4. The van der Waals surface area contributed by atoms with Crippen LogP contribution in [0.3, 0.4) is 0 Å². The van der Waals surface area contributed by atoms with Crippen LogP contribution in [0.2, 0.25) is 0 Å². The van der Waals surface area contributed by atoms with Crippen LogP contribution in [0.15, 0.2) is 29.3 Å². The van der Waals surface area contributed by atoms with Crippen LogP contribution < -0.4 is 10.2 Å². The number of hydrogen-bond donors (Lipinski definition) is 1. The number of carbonyl (C=O) groups is 1. The molecule has 1 aromatic rings. The van der Waals surface area contributed by atoms with Gasteiger partial charge >= 0.3 is 6.03 Å². The van der Waals surface area contributed by atoms with Crippen molar-refractivity contribution in [2.24, 2.45) is 4.99 Å². The van der Waals surface area contributed by atoms with Crippen LogP contribution in [-0.2, 0) is 6.42 Å². The number of urea groups is 1. The van der Waals surface area contributed by atoms with E-state index in [1.807, 2.05) is 0 Å². The van der Waals surface area contributed by atoms with Gasteiger partial charge in [-0.05, 0) is 69.2 Å². The third-order valence-corrected chi connectivity index (χ3v) is 8.51. The normalized spacial score (nSPS) is 29.9. The summed E-state index contributed by atoms with van der Waals surface area (Å²) < 4.78 is 0. The summed E-state index contributed by atoms with van der Waals surface area (Å²) in [5, 5.41) is 3.80. The summed E-state index contributed by atoms with van der Waals surface area (Å²) in [6.07, 6.45) is 18.6. The van der Waals surface area contributed by atoms with Gasteiger partial charge in [0.1, 0.15) is 11.4 Å². The third-order valence-electron chi connectivity index (χ3n) is 8.51. The summed E-state index contributed by atoms with van der Waals surface area (Å²) in [5.74, 6) is 0.961. The highest BCUT2D eigenvalue weighted by molar-refractivity contribution is 6.16. The number of piperidine rings is 1. The zero-order valence-corrected chi connectivity index (χ0v) is 20.4. The fourth-order valence-electron chi connectivity index (χ4n) is 6.51. The molecule has 4 heterocycles. The highest BCUT2D eigenvalue weighted by Crippen LogP contribution is 2.39. The van der Waals surface area contributed by atoms with Crippen LogP contribution in [0.5, 0.6) is 0 Å². The summed E-state index contributed by atoms with van der Waals surface area (Å²) in [5.41, 5.74) is 2.09. The molecular weight excluding hydrogens is 408 g/mol. The van der Waals surface area contributed by atoms with E-state index < -0.39 is 0 Å². The van der Waals surface area contributed by atoms with E-state index in [9.17, 15) is 4.79 Å². The number of aryl methyl sites for hydroxylation is 1. The molecule has 180 valence electrons. The van der Waals surface area contributed by atoms with E-state index in [-0.39, 0.29) is 11.6 Å². The molecule has 4 bridgehead atoms. The van der Waals surface area contributed by atoms with E-state index in [0.717, 1.165) is 43.9 Å². The first kappa shape index (κ1) is 22.9. The van der Waals surface area contributed by atoms with Crippen LogP contribution in [0.25, 0.3) is 0 Å². The van der Waals surface area contributed by atoms with E-state index in [4.69, 9.17) is 4.99 Å². The molecule has 2 amide bonds. The van der Waals surface area contributed by atoms with Crippen LogP contribution >= 0.6 is 0 Å². The van der Waals surface area contributed by atoms with Crippen molar-refractivity contribution >= 4 is 17.6 Å². The Bertz CT molecular complexity index is 836. The molecule has 0 aromatic heterocycles. The monoisotopic (exact) mass is 450 g/mol. The van der Waals surface area contributed by atoms with Gasteiger partial charge in [0, 0.05) is 24.8 Å². The predicted molar refractivity (Wildman–Crippen MR) is 136 cm³/mol. The van der Waals surface area contributed by atoms with Gasteiger partial charge in [-0.15, -0.1) is 0 Å². The minimum atomic E-state index is -0.308. The van der Waals surface area contributed by atoms with Crippen molar-refractivity contribution < 1.29 is 4.79 Å². The Morgan fingerprint density at radius 2 is 1.55 bits per heavy atom. The topological polar surface area (TPSA) is 47.9 Å². The first-order valence-corrected chi connectivity index (χ1v) is 13.8. The molecule has 2 fully saturated rings. The largest absolute Gasteiger partial charge is 0.369 e. The van der Waals surface area contributed by atoms with Crippen molar-refractivity contribution in [3.05, 3.63) is 29.8 Å². The van der Waals surface area contributed by atoms with Crippen molar-refractivity contribution in [2.45, 2.75) is 108 Å². The van der Waals surface area contributed by atoms with Crippen LogP contribution in [0, 0.1) is 0 Å². The maximum absolute atomic E-state index is 13.4. The SMILES string of the molecule is O=C1N=C(NC2CCCCC2)C23CCN(CCCCCCCCCc4cccc(c4)N12)CC3. The number of anilines is 1. The number of carbonyl (C=O) groups excluding carboxylic acids is 1. The Morgan fingerprint density at radius 1 is 0.848 bits per heavy atom. The molecule has 1 spiro atoms. The van der Waals surface area contributed by atoms with E-state index in [2.05, 4.69) is 39.4 Å². The second kappa shape index (κ2) is 10.6. The zero-order valence-electron chi connectivity index (χ0n) is 20.4. The first-order chi connectivity index (χ1) is 16.2. The van der Waals surface area contributed by atoms with Gasteiger partial charge in [-0.3, -0.25) is 4.90 Å². The van der Waals surface area contributed by atoms with Gasteiger partial charge in [-0.2, -0.15) is 4.99 Å². The molecule has 1 saturated carbocycles. The summed E-state index contributed by atoms with van der Waals surface area (Å²) >= 11 is 0. The Labute approximate surface area is 200 Å². The van der Waals surface area contributed by atoms with Crippen molar-refractivity contribution in [3.63, 3.8) is 0 Å². The van der Waals surface area contributed by atoms with Crippen molar-refractivity contribution in [2.75, 3.05) is 24.5 Å². The maximum Gasteiger partial charge on any atom is 0.350 e. The van der Waals surface area contributed by atoms with Crippen molar-refractivity contribution in [3.8, 4) is 0 Å². The number of fused-ring (bicyclic) bond motifs is 10. The Kier molecular flexibility index (Phi) is 7.34. The molecule has 4 aliphatic heterocycles. The lowest BCUT2D eigenvalue weighted by molar-refractivity contribution is 0.185. The van der Waals surface area contributed by atoms with E-state index >= 15 is 0 Å². The van der Waals surface area contributed by atoms with Gasteiger partial charge in [0.15, 0.2) is 0 Å². The third kappa shape index (κ3) is 5.13. The second-order valence-electron chi connectivity index (χ2n) is 10.8. The van der Waals surface area contributed by atoms with E-state index in [0.29, 0.717) is 6.04 Å². The van der Waals surface area contributed by atoms with Gasteiger partial charge in [0.2, 0.25) is 0 Å². The number of aliphatic imine (C=N–C) groups is 1. The summed E-state index contributed by atoms with van der Waals surface area (Å²) in [4.78, 5) is 22.8. The molecule has 0 atom stereocenters. The molecule has 1 N–H and O–H groups in total. The van der Waals surface area contributed by atoms with Gasteiger partial charge in [0.25, 0.3) is 0 Å². The Hall–Kier alpha value is -1.88. The molecule has 33 heavy (non-hydrogen) atoms. The number of benzene rings is 1. The number of nitrogens with one attached hydrogen (secondary N) is 1. The lowest BCUT2D eigenvalue weighted by atomic mass is 9.83. The quantitative estimate of drug-likeness (QED) is 0.565. The molecule has 1 saturated heterocycles. The minimum absolute atomic E-state index is 0.0724. The molecule has 5 heteroatoms. The standard InChI is InChI=1S/C28H42N4O/c33-27-30-26(29-24-14-8-6-9-15-24)28-17-20-31(21-18-28)19-10-5-3-1-2-4-7-12-23-13-11-16-25(22-23)32(27)28/h11,13,16,22,24H,1-10,12,14-15,17-21H2,(H,29,30,33). The highest BCUT2D eigenvalue weighted by Gasteiger charge is 2.52. The Morgan fingerprint density at radius 3 is 2.33 bits per heavy atom. The number of hydrogen-bond acceptors (Lipinski definition) is 3. The second-order valence-corrected chi connectivity index (χ2v) is 10.8. The van der Waals surface area contributed by atoms with Crippen LogP contribution in [0.1, 0.15) is 95.5 Å². The molecule has 1 aliphatic carbocycles. The van der Waals surface area contributed by atoms with Gasteiger partial charge < -0.3 is 10.2 Å². The first-order valence-electron chi connectivity index (χ1n) is 13.8.